The van der Waals surface area contributed by atoms with E-state index in [1.165, 1.54) is 11.1 Å². The number of rotatable bonds is 8. The SMILES string of the molecule is CCc1ccccc1N=C(c1ccccc1)c1cccc(C(=Nc2ccccc2CC)c2ccccc2)n1. The fraction of sp³-hybridized carbons (Fsp3) is 0.114. The van der Waals surface area contributed by atoms with Crippen LogP contribution >= 0.6 is 0 Å². The number of pyridine rings is 1. The van der Waals surface area contributed by atoms with E-state index in [4.69, 9.17) is 15.0 Å². The molecule has 0 radical (unpaired) electrons. The highest BCUT2D eigenvalue weighted by molar-refractivity contribution is 6.15. The lowest BCUT2D eigenvalue weighted by Gasteiger charge is -2.13. The lowest BCUT2D eigenvalue weighted by Crippen LogP contribution is -2.12. The molecular formula is C35H31N3. The molecule has 38 heavy (non-hydrogen) atoms. The van der Waals surface area contributed by atoms with Gasteiger partial charge >= 0.3 is 0 Å². The van der Waals surface area contributed by atoms with Gasteiger partial charge in [-0.15, -0.1) is 0 Å². The van der Waals surface area contributed by atoms with Gasteiger partial charge in [-0.1, -0.05) is 117 Å². The quantitative estimate of drug-likeness (QED) is 0.200. The van der Waals surface area contributed by atoms with Crippen LogP contribution in [0.15, 0.2) is 137 Å². The summed E-state index contributed by atoms with van der Waals surface area (Å²) in [6.07, 6.45) is 1.83. The molecule has 0 N–H and O–H groups in total. The first-order chi connectivity index (χ1) is 18.8. The average molecular weight is 494 g/mol. The number of aliphatic imine (C=N–C) groups is 2. The highest BCUT2D eigenvalue weighted by atomic mass is 14.8. The van der Waals surface area contributed by atoms with Crippen molar-refractivity contribution < 1.29 is 0 Å². The number of hydrogen-bond donors (Lipinski definition) is 0. The molecule has 0 aliphatic rings. The number of benzene rings is 4. The third-order valence-corrected chi connectivity index (χ3v) is 6.54. The van der Waals surface area contributed by atoms with Crippen LogP contribution in [0.5, 0.6) is 0 Å². The lowest BCUT2D eigenvalue weighted by atomic mass is 10.0. The Morgan fingerprint density at radius 2 is 0.868 bits per heavy atom. The van der Waals surface area contributed by atoms with Crippen LogP contribution < -0.4 is 0 Å². The van der Waals surface area contributed by atoms with Gasteiger partial charge in [-0.05, 0) is 48.2 Å². The molecule has 1 aromatic heterocycles. The van der Waals surface area contributed by atoms with E-state index in [0.717, 1.165) is 58.2 Å². The predicted octanol–water partition coefficient (Wildman–Crippen LogP) is 8.54. The van der Waals surface area contributed by atoms with E-state index in [-0.39, 0.29) is 0 Å². The summed E-state index contributed by atoms with van der Waals surface area (Å²) >= 11 is 0. The van der Waals surface area contributed by atoms with Crippen molar-refractivity contribution in [2.45, 2.75) is 26.7 Å². The van der Waals surface area contributed by atoms with Crippen molar-refractivity contribution in [3.8, 4) is 0 Å². The average Bonchev–Trinajstić information content (AvgIpc) is 3.00. The number of para-hydroxylation sites is 2. The monoisotopic (exact) mass is 493 g/mol. The van der Waals surface area contributed by atoms with E-state index in [0.29, 0.717) is 0 Å². The molecule has 0 bridgehead atoms. The first kappa shape index (κ1) is 25.0. The van der Waals surface area contributed by atoms with E-state index in [9.17, 15) is 0 Å². The van der Waals surface area contributed by atoms with Crippen molar-refractivity contribution in [2.24, 2.45) is 9.98 Å². The maximum atomic E-state index is 5.17. The second-order valence-corrected chi connectivity index (χ2v) is 9.03. The molecule has 3 heteroatoms. The summed E-state index contributed by atoms with van der Waals surface area (Å²) in [4.78, 5) is 15.5. The molecule has 5 aromatic rings. The lowest BCUT2D eigenvalue weighted by molar-refractivity contribution is 1.13. The molecule has 0 atom stereocenters. The highest BCUT2D eigenvalue weighted by Gasteiger charge is 2.15. The summed E-state index contributed by atoms with van der Waals surface area (Å²) in [5, 5.41) is 0. The van der Waals surface area contributed by atoms with Crippen LogP contribution in [-0.4, -0.2) is 16.4 Å². The Morgan fingerprint density at radius 1 is 0.474 bits per heavy atom. The molecule has 4 aromatic carbocycles. The predicted molar refractivity (Wildman–Crippen MR) is 159 cm³/mol. The van der Waals surface area contributed by atoms with E-state index < -0.39 is 0 Å². The van der Waals surface area contributed by atoms with Crippen LogP contribution in [-0.2, 0) is 12.8 Å². The van der Waals surface area contributed by atoms with Crippen molar-refractivity contribution in [1.29, 1.82) is 0 Å². The largest absolute Gasteiger partial charge is 0.246 e. The topological polar surface area (TPSA) is 37.6 Å². The van der Waals surface area contributed by atoms with Gasteiger partial charge in [0.2, 0.25) is 0 Å². The summed E-state index contributed by atoms with van der Waals surface area (Å²) < 4.78 is 0. The molecule has 186 valence electrons. The summed E-state index contributed by atoms with van der Waals surface area (Å²) in [7, 11) is 0. The molecule has 1 heterocycles. The van der Waals surface area contributed by atoms with Gasteiger partial charge in [-0.3, -0.25) is 0 Å². The van der Waals surface area contributed by atoms with Crippen LogP contribution in [0, 0.1) is 0 Å². The normalized spacial score (nSPS) is 11.9. The Morgan fingerprint density at radius 3 is 1.29 bits per heavy atom. The van der Waals surface area contributed by atoms with Gasteiger partial charge in [0.25, 0.3) is 0 Å². The van der Waals surface area contributed by atoms with E-state index >= 15 is 0 Å². The van der Waals surface area contributed by atoms with Crippen LogP contribution in [0.25, 0.3) is 0 Å². The minimum Gasteiger partial charge on any atom is -0.246 e. The Balaban J connectivity index is 1.69. The zero-order valence-corrected chi connectivity index (χ0v) is 21.9. The first-order valence-electron chi connectivity index (χ1n) is 13.2. The minimum atomic E-state index is 0.812. The second kappa shape index (κ2) is 12.1. The van der Waals surface area contributed by atoms with Crippen molar-refractivity contribution in [2.75, 3.05) is 0 Å². The summed E-state index contributed by atoms with van der Waals surface area (Å²) in [5.41, 5.74) is 9.71. The van der Waals surface area contributed by atoms with Crippen LogP contribution in [0.1, 0.15) is 47.5 Å². The Bertz CT molecular complexity index is 1450. The van der Waals surface area contributed by atoms with Gasteiger partial charge in [0.1, 0.15) is 0 Å². The first-order valence-corrected chi connectivity index (χ1v) is 13.2. The molecule has 0 saturated carbocycles. The van der Waals surface area contributed by atoms with Gasteiger partial charge in [0, 0.05) is 11.1 Å². The number of nitrogens with zero attached hydrogens (tertiary/aromatic N) is 3. The molecular weight excluding hydrogens is 462 g/mol. The van der Waals surface area contributed by atoms with Gasteiger partial charge in [0.15, 0.2) is 0 Å². The van der Waals surface area contributed by atoms with Crippen molar-refractivity contribution in [3.05, 3.63) is 161 Å². The van der Waals surface area contributed by atoms with E-state index in [1.807, 2.05) is 66.7 Å². The van der Waals surface area contributed by atoms with Gasteiger partial charge in [-0.25, -0.2) is 15.0 Å². The maximum absolute atomic E-state index is 5.17. The third-order valence-electron chi connectivity index (χ3n) is 6.54. The molecule has 0 aliphatic carbocycles. The van der Waals surface area contributed by atoms with Crippen LogP contribution in [0.2, 0.25) is 0 Å². The van der Waals surface area contributed by atoms with Crippen LogP contribution in [0.4, 0.5) is 11.4 Å². The molecule has 5 rings (SSSR count). The molecule has 0 amide bonds. The smallest absolute Gasteiger partial charge is 0.0966 e. The molecule has 0 saturated heterocycles. The minimum absolute atomic E-state index is 0.812. The molecule has 0 aliphatic heterocycles. The van der Waals surface area contributed by atoms with Gasteiger partial charge < -0.3 is 0 Å². The Labute approximate surface area is 225 Å². The number of aryl methyl sites for hydroxylation is 2. The number of hydrogen-bond acceptors (Lipinski definition) is 3. The Kier molecular flexibility index (Phi) is 7.95. The molecule has 0 spiro atoms. The number of aromatic nitrogens is 1. The molecule has 0 unspecified atom stereocenters. The zero-order valence-electron chi connectivity index (χ0n) is 21.9. The van der Waals surface area contributed by atoms with E-state index in [2.05, 4.69) is 74.5 Å². The van der Waals surface area contributed by atoms with Crippen molar-refractivity contribution >= 4 is 22.8 Å². The standard InChI is InChI=1S/C35H31N3/c1-3-26-16-11-13-22-30(26)37-34(28-18-7-5-8-19-28)32-24-15-25-33(36-32)35(29-20-9-6-10-21-29)38-31-23-14-12-17-27(31)4-2/h5-25H,3-4H2,1-2H3. The van der Waals surface area contributed by atoms with Gasteiger partial charge in [-0.2, -0.15) is 0 Å². The fourth-order valence-corrected chi connectivity index (χ4v) is 4.51. The Hall–Kier alpha value is -4.63. The van der Waals surface area contributed by atoms with Crippen molar-refractivity contribution in [3.63, 3.8) is 0 Å². The summed E-state index contributed by atoms with van der Waals surface area (Å²) in [5.74, 6) is 0. The van der Waals surface area contributed by atoms with Gasteiger partial charge in [0.05, 0.1) is 34.2 Å². The fourth-order valence-electron chi connectivity index (χ4n) is 4.51. The van der Waals surface area contributed by atoms with Crippen LogP contribution in [0.3, 0.4) is 0 Å². The second-order valence-electron chi connectivity index (χ2n) is 9.03. The molecule has 0 fully saturated rings. The van der Waals surface area contributed by atoms with Crippen molar-refractivity contribution in [1.82, 2.24) is 4.98 Å². The molecule has 3 nitrogen and oxygen atoms in total. The van der Waals surface area contributed by atoms with E-state index in [1.54, 1.807) is 0 Å². The zero-order chi connectivity index (χ0) is 26.2. The highest BCUT2D eigenvalue weighted by Crippen LogP contribution is 2.25. The summed E-state index contributed by atoms with van der Waals surface area (Å²) in [6.45, 7) is 4.32. The maximum Gasteiger partial charge on any atom is 0.0966 e. The summed E-state index contributed by atoms with van der Waals surface area (Å²) in [6, 6.07) is 43.3. The third kappa shape index (κ3) is 5.68.